The molecule has 5 nitrogen and oxygen atoms in total. The topological polar surface area (TPSA) is 72.8 Å². The van der Waals surface area contributed by atoms with E-state index in [-0.39, 0.29) is 25.2 Å². The van der Waals surface area contributed by atoms with Gasteiger partial charge in [-0.3, -0.25) is 9.59 Å². The number of aliphatic hydroxyl groups is 1. The van der Waals surface area contributed by atoms with Crippen molar-refractivity contribution >= 4 is 11.9 Å². The maximum Gasteiger partial charge on any atom is 0.306 e. The van der Waals surface area contributed by atoms with Crippen molar-refractivity contribution in [3.8, 4) is 0 Å². The molecular formula is C85H152O5. The van der Waals surface area contributed by atoms with E-state index in [2.05, 4.69) is 111 Å². The fourth-order valence-corrected chi connectivity index (χ4v) is 11.9. The number of hydrogen-bond donors (Lipinski definition) is 1. The molecule has 0 aliphatic rings. The fourth-order valence-electron chi connectivity index (χ4n) is 11.9. The third-order valence-electron chi connectivity index (χ3n) is 17.9. The van der Waals surface area contributed by atoms with E-state index < -0.39 is 6.10 Å². The Kier molecular flexibility index (Phi) is 77.2. The lowest BCUT2D eigenvalue weighted by Crippen LogP contribution is -2.28. The summed E-state index contributed by atoms with van der Waals surface area (Å²) in [5.74, 6) is -0.569. The second-order valence-electron chi connectivity index (χ2n) is 26.8. The van der Waals surface area contributed by atoms with E-state index in [1.54, 1.807) is 0 Å². The van der Waals surface area contributed by atoms with Gasteiger partial charge < -0.3 is 14.6 Å². The summed E-state index contributed by atoms with van der Waals surface area (Å²) in [7, 11) is 0. The predicted octanol–water partition coefficient (Wildman–Crippen LogP) is 28.1. The predicted molar refractivity (Wildman–Crippen MR) is 399 cm³/mol. The number of ether oxygens (including phenoxy) is 2. The van der Waals surface area contributed by atoms with Crippen molar-refractivity contribution in [3.63, 3.8) is 0 Å². The Morgan fingerprint density at radius 3 is 0.722 bits per heavy atom. The molecule has 0 aliphatic carbocycles. The molecule has 1 N–H and O–H groups in total. The van der Waals surface area contributed by atoms with Crippen LogP contribution in [-0.2, 0) is 19.1 Å². The monoisotopic (exact) mass is 1250 g/mol. The molecule has 0 aromatic carbocycles. The van der Waals surface area contributed by atoms with Gasteiger partial charge in [-0.05, 0) is 96.3 Å². The number of carbonyl (C=O) groups excluding carboxylic acids is 2. The molecule has 1 atom stereocenters. The van der Waals surface area contributed by atoms with Gasteiger partial charge in [-0.15, -0.1) is 0 Å². The molecule has 0 amide bonds. The van der Waals surface area contributed by atoms with Crippen LogP contribution in [0.1, 0.15) is 412 Å². The van der Waals surface area contributed by atoms with Crippen molar-refractivity contribution in [1.29, 1.82) is 0 Å². The number of aliphatic hydroxyl groups excluding tert-OH is 1. The zero-order valence-corrected chi connectivity index (χ0v) is 60.1. The minimum absolute atomic E-state index is 0.0621. The van der Waals surface area contributed by atoms with Gasteiger partial charge in [0.15, 0.2) is 6.10 Å². The Hall–Kier alpha value is -3.18. The summed E-state index contributed by atoms with van der Waals surface area (Å²) in [4.78, 5) is 24.7. The molecule has 0 spiro atoms. The molecule has 5 heteroatoms. The SMILES string of the molecule is CC/C=C\C/C=C\C/C=C\C/C=C\C/C=C\CCCCCCCCCCCCCCCCCCCCCCCC(=O)OC(CO)COC(=O)CCCCCCCCCCCCCCCCCCCCCCCCCC/C=C\C/C=C\C/C=C\CCCCCCC. The normalized spacial score (nSPS) is 12.7. The van der Waals surface area contributed by atoms with Gasteiger partial charge in [0.2, 0.25) is 0 Å². The van der Waals surface area contributed by atoms with Crippen molar-refractivity contribution < 1.29 is 24.2 Å². The van der Waals surface area contributed by atoms with Crippen LogP contribution in [0.2, 0.25) is 0 Å². The van der Waals surface area contributed by atoms with Gasteiger partial charge in [0.05, 0.1) is 6.61 Å². The molecule has 90 heavy (non-hydrogen) atoms. The van der Waals surface area contributed by atoms with Crippen LogP contribution in [0.5, 0.6) is 0 Å². The van der Waals surface area contributed by atoms with Gasteiger partial charge in [-0.1, -0.05) is 400 Å². The molecule has 0 aromatic rings. The van der Waals surface area contributed by atoms with E-state index in [4.69, 9.17) is 9.47 Å². The minimum Gasteiger partial charge on any atom is -0.462 e. The molecule has 0 bridgehead atoms. The highest BCUT2D eigenvalue weighted by atomic mass is 16.6. The van der Waals surface area contributed by atoms with Crippen LogP contribution in [0.15, 0.2) is 97.2 Å². The largest absolute Gasteiger partial charge is 0.462 e. The number of carbonyl (C=O) groups is 2. The summed E-state index contributed by atoms with van der Waals surface area (Å²) >= 11 is 0. The fraction of sp³-hybridized carbons (Fsp3) is 0.788. The van der Waals surface area contributed by atoms with Gasteiger partial charge in [-0.25, -0.2) is 0 Å². The van der Waals surface area contributed by atoms with E-state index in [0.29, 0.717) is 12.8 Å². The molecule has 0 aromatic heterocycles. The summed E-state index contributed by atoms with van der Waals surface area (Å²) in [6.45, 7) is 4.06. The van der Waals surface area contributed by atoms with Crippen LogP contribution in [0.25, 0.3) is 0 Å². The average Bonchev–Trinajstić information content (AvgIpc) is 3.62. The van der Waals surface area contributed by atoms with Crippen LogP contribution in [0, 0.1) is 0 Å². The summed E-state index contributed by atoms with van der Waals surface area (Å²) in [6, 6.07) is 0. The third kappa shape index (κ3) is 77.3. The summed E-state index contributed by atoms with van der Waals surface area (Å²) in [6.07, 6.45) is 115. The third-order valence-corrected chi connectivity index (χ3v) is 17.9. The highest BCUT2D eigenvalue weighted by Crippen LogP contribution is 2.19. The van der Waals surface area contributed by atoms with E-state index in [9.17, 15) is 14.7 Å². The molecule has 0 fully saturated rings. The van der Waals surface area contributed by atoms with Crippen molar-refractivity contribution in [2.75, 3.05) is 13.2 Å². The molecule has 0 radical (unpaired) electrons. The van der Waals surface area contributed by atoms with Crippen LogP contribution in [0.4, 0.5) is 0 Å². The molecule has 1 unspecified atom stereocenters. The van der Waals surface area contributed by atoms with Crippen molar-refractivity contribution in [2.45, 2.75) is 418 Å². The average molecular weight is 1250 g/mol. The second-order valence-corrected chi connectivity index (χ2v) is 26.8. The first-order valence-corrected chi connectivity index (χ1v) is 39.8. The lowest BCUT2D eigenvalue weighted by atomic mass is 10.0. The van der Waals surface area contributed by atoms with Gasteiger partial charge in [0, 0.05) is 12.8 Å². The maximum absolute atomic E-state index is 12.4. The Labute approximate surface area is 561 Å². The Bertz CT molecular complexity index is 1660. The van der Waals surface area contributed by atoms with Crippen molar-refractivity contribution in [2.24, 2.45) is 0 Å². The highest BCUT2D eigenvalue weighted by molar-refractivity contribution is 5.70. The van der Waals surface area contributed by atoms with Crippen molar-refractivity contribution in [1.82, 2.24) is 0 Å². The molecule has 0 rings (SSSR count). The smallest absolute Gasteiger partial charge is 0.306 e. The van der Waals surface area contributed by atoms with E-state index in [0.717, 1.165) is 83.5 Å². The Morgan fingerprint density at radius 1 is 0.267 bits per heavy atom. The van der Waals surface area contributed by atoms with Crippen LogP contribution in [-0.4, -0.2) is 36.4 Å². The van der Waals surface area contributed by atoms with E-state index in [1.807, 2.05) is 0 Å². The van der Waals surface area contributed by atoms with Crippen LogP contribution in [0.3, 0.4) is 0 Å². The first-order chi connectivity index (χ1) is 44.6. The number of hydrogen-bond acceptors (Lipinski definition) is 5. The number of esters is 2. The number of unbranched alkanes of at least 4 members (excludes halogenated alkanes) is 50. The summed E-state index contributed by atoms with van der Waals surface area (Å²) < 4.78 is 10.8. The van der Waals surface area contributed by atoms with E-state index in [1.165, 1.54) is 302 Å². The van der Waals surface area contributed by atoms with Gasteiger partial charge in [0.1, 0.15) is 6.61 Å². The van der Waals surface area contributed by atoms with E-state index >= 15 is 0 Å². The molecule has 0 saturated heterocycles. The molecule has 0 aliphatic heterocycles. The zero-order valence-electron chi connectivity index (χ0n) is 60.1. The maximum atomic E-state index is 12.4. The molecule has 0 heterocycles. The second kappa shape index (κ2) is 80.1. The highest BCUT2D eigenvalue weighted by Gasteiger charge is 2.16. The Balaban J connectivity index is 3.39. The quantitative estimate of drug-likeness (QED) is 0.0373. The van der Waals surface area contributed by atoms with Gasteiger partial charge in [0.25, 0.3) is 0 Å². The summed E-state index contributed by atoms with van der Waals surface area (Å²) in [5.41, 5.74) is 0. The lowest BCUT2D eigenvalue weighted by molar-refractivity contribution is -0.161. The lowest BCUT2D eigenvalue weighted by Gasteiger charge is -2.15. The van der Waals surface area contributed by atoms with Crippen LogP contribution < -0.4 is 0 Å². The van der Waals surface area contributed by atoms with Gasteiger partial charge in [-0.2, -0.15) is 0 Å². The van der Waals surface area contributed by atoms with Gasteiger partial charge >= 0.3 is 11.9 Å². The molecule has 522 valence electrons. The number of allylic oxidation sites excluding steroid dienone is 16. The summed E-state index contributed by atoms with van der Waals surface area (Å²) in [5, 5.41) is 9.73. The zero-order chi connectivity index (χ0) is 64.7. The molecular weight excluding hydrogens is 1100 g/mol. The van der Waals surface area contributed by atoms with Crippen LogP contribution >= 0.6 is 0 Å². The standard InChI is InChI=1S/C85H152O5/c1-3-5-7-9-11-13-15-17-19-21-23-25-27-29-31-33-35-37-39-41-42-44-45-47-49-51-53-55-57-59-61-63-65-67-69-71-73-75-77-79-84(87)89-82-83(81-86)90-85(88)80-78-76-74-72-70-68-66-64-62-60-58-56-54-52-50-48-46-43-40-38-36-34-32-30-28-26-24-22-20-18-16-14-12-10-8-6-4-2/h6,8,12,14-15,17-18,20-21,23-24,26-27,29-30,32,83,86H,3-5,7,9-11,13,16,19,22,25,28,31,33-82H2,1-2H3/b8-6-,14-12-,17-15-,20-18-,23-21-,26-24-,29-27-,32-30-. The van der Waals surface area contributed by atoms with Crippen molar-refractivity contribution in [3.05, 3.63) is 97.2 Å². The first-order valence-electron chi connectivity index (χ1n) is 39.8. The number of rotatable bonds is 74. The first kappa shape index (κ1) is 86.8. The molecule has 0 saturated carbocycles. The Morgan fingerprint density at radius 2 is 0.478 bits per heavy atom. The minimum atomic E-state index is -0.774.